The molecule has 1 saturated heterocycles. The van der Waals surface area contributed by atoms with Gasteiger partial charge in [-0.2, -0.15) is 0 Å². The Bertz CT molecular complexity index is 698. The van der Waals surface area contributed by atoms with Crippen LogP contribution >= 0.6 is 11.6 Å². The van der Waals surface area contributed by atoms with E-state index < -0.39 is 0 Å². The minimum Gasteiger partial charge on any atom is -0.366 e. The van der Waals surface area contributed by atoms with Crippen molar-refractivity contribution in [3.63, 3.8) is 0 Å². The van der Waals surface area contributed by atoms with Crippen molar-refractivity contribution < 1.29 is 0 Å². The van der Waals surface area contributed by atoms with Crippen molar-refractivity contribution in [3.05, 3.63) is 52.6 Å². The molecule has 0 unspecified atom stereocenters. The summed E-state index contributed by atoms with van der Waals surface area (Å²) < 4.78 is 2.10. The topological polar surface area (TPSA) is 33.1 Å². The van der Waals surface area contributed by atoms with Gasteiger partial charge in [0.2, 0.25) is 0 Å². The fourth-order valence-electron chi connectivity index (χ4n) is 3.05. The molecule has 0 aliphatic carbocycles. The van der Waals surface area contributed by atoms with Gasteiger partial charge in [0.1, 0.15) is 5.15 Å². The van der Waals surface area contributed by atoms with E-state index in [0.717, 1.165) is 38.5 Å². The zero-order valence-corrected chi connectivity index (χ0v) is 12.5. The van der Waals surface area contributed by atoms with Gasteiger partial charge >= 0.3 is 0 Å². The molecule has 108 valence electrons. The second kappa shape index (κ2) is 5.20. The van der Waals surface area contributed by atoms with Crippen molar-refractivity contribution in [2.75, 3.05) is 26.2 Å². The Balaban J connectivity index is 1.87. The van der Waals surface area contributed by atoms with Crippen molar-refractivity contribution >= 4 is 23.4 Å². The Labute approximate surface area is 129 Å². The van der Waals surface area contributed by atoms with Crippen LogP contribution in [0.15, 0.2) is 30.5 Å². The minimum absolute atomic E-state index is 0.697. The smallest absolute Gasteiger partial charge is 0.157 e. The van der Waals surface area contributed by atoms with Crippen molar-refractivity contribution in [1.82, 2.24) is 19.8 Å². The van der Waals surface area contributed by atoms with E-state index in [1.807, 2.05) is 0 Å². The van der Waals surface area contributed by atoms with Crippen LogP contribution in [0, 0.1) is 0 Å². The number of piperazine rings is 1. The molecule has 5 heteroatoms. The van der Waals surface area contributed by atoms with Gasteiger partial charge in [0.15, 0.2) is 5.82 Å². The largest absolute Gasteiger partial charge is 0.366 e. The summed E-state index contributed by atoms with van der Waals surface area (Å²) >= 11 is 6.34. The van der Waals surface area contributed by atoms with Crippen LogP contribution in [0.2, 0.25) is 5.15 Å². The number of aromatic nitrogens is 2. The first kappa shape index (κ1) is 12.9. The molecule has 3 heterocycles. The van der Waals surface area contributed by atoms with Crippen LogP contribution in [0.1, 0.15) is 17.0 Å². The van der Waals surface area contributed by atoms with E-state index in [2.05, 4.69) is 50.1 Å². The van der Waals surface area contributed by atoms with E-state index >= 15 is 0 Å². The molecule has 1 N–H and O–H groups in total. The van der Waals surface area contributed by atoms with E-state index in [1.165, 1.54) is 16.8 Å². The number of nitrogens with zero attached hydrogens (tertiary/aromatic N) is 3. The van der Waals surface area contributed by atoms with E-state index in [0.29, 0.717) is 5.15 Å². The van der Waals surface area contributed by atoms with Crippen LogP contribution in [0.3, 0.4) is 0 Å². The second-order valence-corrected chi connectivity index (χ2v) is 5.84. The van der Waals surface area contributed by atoms with Crippen LogP contribution in [-0.2, 0) is 6.54 Å². The summed E-state index contributed by atoms with van der Waals surface area (Å²) in [6.07, 6.45) is 4.00. The molecule has 2 aliphatic rings. The Hall–Kier alpha value is -1.78. The van der Waals surface area contributed by atoms with Gasteiger partial charge in [-0.1, -0.05) is 35.9 Å². The van der Waals surface area contributed by atoms with Gasteiger partial charge in [0.25, 0.3) is 0 Å². The van der Waals surface area contributed by atoms with Gasteiger partial charge in [0, 0.05) is 26.2 Å². The molecule has 4 nitrogen and oxygen atoms in total. The fraction of sp³-hybridized carbons (Fsp3) is 0.312. The molecule has 2 aromatic rings. The highest BCUT2D eigenvalue weighted by Crippen LogP contribution is 2.30. The van der Waals surface area contributed by atoms with Crippen molar-refractivity contribution in [2.45, 2.75) is 6.54 Å². The van der Waals surface area contributed by atoms with Crippen LogP contribution in [0.5, 0.6) is 0 Å². The van der Waals surface area contributed by atoms with Gasteiger partial charge in [-0.15, -0.1) is 0 Å². The molecule has 0 bridgehead atoms. The predicted octanol–water partition coefficient (Wildman–Crippen LogP) is 2.30. The highest BCUT2D eigenvalue weighted by atomic mass is 35.5. The standard InChI is InChI=1S/C16H17ClN4/c17-15-10-19-16-14(20-7-5-18-6-8-20)9-12-3-1-2-4-13(12)11-21(15)16/h1-4,9-10,18H,5-8,11H2. The molecule has 0 saturated carbocycles. The van der Waals surface area contributed by atoms with Crippen molar-refractivity contribution in [1.29, 1.82) is 0 Å². The number of nitrogens with one attached hydrogen (secondary N) is 1. The maximum absolute atomic E-state index is 6.34. The molecule has 4 rings (SSSR count). The lowest BCUT2D eigenvalue weighted by molar-refractivity contribution is 0.339. The summed E-state index contributed by atoms with van der Waals surface area (Å²) in [7, 11) is 0. The fourth-order valence-corrected chi connectivity index (χ4v) is 3.24. The molecule has 2 aliphatic heterocycles. The number of halogens is 1. The normalized spacial score (nSPS) is 17.8. The first-order valence-corrected chi connectivity index (χ1v) is 7.67. The van der Waals surface area contributed by atoms with E-state index in [1.54, 1.807) is 6.20 Å². The molecule has 0 spiro atoms. The quantitative estimate of drug-likeness (QED) is 0.877. The first-order chi connectivity index (χ1) is 10.3. The summed E-state index contributed by atoms with van der Waals surface area (Å²) in [4.78, 5) is 6.95. The van der Waals surface area contributed by atoms with Gasteiger partial charge in [-0.3, -0.25) is 0 Å². The van der Waals surface area contributed by atoms with Crippen molar-refractivity contribution in [2.24, 2.45) is 0 Å². The van der Waals surface area contributed by atoms with Gasteiger partial charge < -0.3 is 14.8 Å². The third-order valence-electron chi connectivity index (χ3n) is 4.17. The highest BCUT2D eigenvalue weighted by Gasteiger charge is 2.23. The number of hydrogen-bond donors (Lipinski definition) is 1. The SMILES string of the molecule is Clc1cnc2n1Cc1ccccc1C=C2N1CCNCC1. The molecule has 1 fully saturated rings. The molecule has 0 radical (unpaired) electrons. The summed E-state index contributed by atoms with van der Waals surface area (Å²) in [6, 6.07) is 8.48. The predicted molar refractivity (Wildman–Crippen MR) is 85.1 cm³/mol. The zero-order chi connectivity index (χ0) is 14.2. The molecule has 21 heavy (non-hydrogen) atoms. The lowest BCUT2D eigenvalue weighted by Gasteiger charge is -2.31. The van der Waals surface area contributed by atoms with Crippen molar-refractivity contribution in [3.8, 4) is 0 Å². The van der Waals surface area contributed by atoms with E-state index in [-0.39, 0.29) is 0 Å². The first-order valence-electron chi connectivity index (χ1n) is 7.29. The van der Waals surface area contributed by atoms with E-state index in [4.69, 9.17) is 11.6 Å². The monoisotopic (exact) mass is 300 g/mol. The molecule has 0 atom stereocenters. The third-order valence-corrected chi connectivity index (χ3v) is 4.47. The number of fused-ring (bicyclic) bond motifs is 2. The minimum atomic E-state index is 0.697. The molecular weight excluding hydrogens is 284 g/mol. The molecule has 1 aromatic heterocycles. The number of benzene rings is 1. The van der Waals surface area contributed by atoms with Crippen LogP contribution < -0.4 is 5.32 Å². The number of rotatable bonds is 1. The van der Waals surface area contributed by atoms with Crippen LogP contribution in [0.25, 0.3) is 11.8 Å². The number of hydrogen-bond acceptors (Lipinski definition) is 3. The van der Waals surface area contributed by atoms with E-state index in [9.17, 15) is 0 Å². The second-order valence-electron chi connectivity index (χ2n) is 5.46. The Morgan fingerprint density at radius 2 is 1.95 bits per heavy atom. The highest BCUT2D eigenvalue weighted by molar-refractivity contribution is 6.29. The Morgan fingerprint density at radius 3 is 2.81 bits per heavy atom. The molecular formula is C16H17ClN4. The number of imidazole rings is 1. The summed E-state index contributed by atoms with van der Waals surface area (Å²) in [5.41, 5.74) is 3.71. The molecule has 1 aromatic carbocycles. The summed E-state index contributed by atoms with van der Waals surface area (Å²) in [6.45, 7) is 4.79. The van der Waals surface area contributed by atoms with Crippen LogP contribution in [0.4, 0.5) is 0 Å². The summed E-state index contributed by atoms with van der Waals surface area (Å²) in [5, 5.41) is 4.09. The summed E-state index contributed by atoms with van der Waals surface area (Å²) in [5.74, 6) is 0.970. The Morgan fingerprint density at radius 1 is 1.14 bits per heavy atom. The van der Waals surface area contributed by atoms with Gasteiger partial charge in [-0.25, -0.2) is 4.98 Å². The van der Waals surface area contributed by atoms with Gasteiger partial charge in [-0.05, 0) is 17.2 Å². The lowest BCUT2D eigenvalue weighted by atomic mass is 10.1. The average Bonchev–Trinajstić information content (AvgIpc) is 2.80. The third kappa shape index (κ3) is 2.24. The van der Waals surface area contributed by atoms with Gasteiger partial charge in [0.05, 0.1) is 18.4 Å². The lowest BCUT2D eigenvalue weighted by Crippen LogP contribution is -2.42. The maximum atomic E-state index is 6.34. The van der Waals surface area contributed by atoms with Crippen LogP contribution in [-0.4, -0.2) is 40.6 Å². The Kier molecular flexibility index (Phi) is 3.20. The zero-order valence-electron chi connectivity index (χ0n) is 11.7. The average molecular weight is 301 g/mol. The maximum Gasteiger partial charge on any atom is 0.157 e. The molecule has 0 amide bonds.